The number of H-pyrrole nitrogens is 1. The second kappa shape index (κ2) is 9.17. The fourth-order valence-corrected chi connectivity index (χ4v) is 3.37. The summed E-state index contributed by atoms with van der Waals surface area (Å²) in [5.41, 5.74) is 2.96. The van der Waals surface area contributed by atoms with Crippen molar-refractivity contribution in [2.75, 3.05) is 27.4 Å². The summed E-state index contributed by atoms with van der Waals surface area (Å²) in [5.74, 6) is 2.29. The van der Waals surface area contributed by atoms with Crippen molar-refractivity contribution in [2.24, 2.45) is 0 Å². The molecule has 3 rings (SSSR count). The second-order valence-electron chi connectivity index (χ2n) is 7.35. The predicted octanol–water partition coefficient (Wildman–Crippen LogP) is 4.03. The first kappa shape index (κ1) is 21.6. The van der Waals surface area contributed by atoms with Gasteiger partial charge in [-0.1, -0.05) is 0 Å². The molecule has 30 heavy (non-hydrogen) atoms. The number of aromatic amines is 1. The van der Waals surface area contributed by atoms with Gasteiger partial charge in [0.2, 0.25) is 0 Å². The zero-order valence-corrected chi connectivity index (χ0v) is 18.3. The van der Waals surface area contributed by atoms with E-state index in [1.165, 1.54) is 7.11 Å². The minimum Gasteiger partial charge on any atom is -0.497 e. The third-order valence-corrected chi connectivity index (χ3v) is 4.72. The van der Waals surface area contributed by atoms with Crippen molar-refractivity contribution in [1.29, 1.82) is 0 Å². The molecule has 0 fully saturated rings. The lowest BCUT2D eigenvalue weighted by Gasteiger charge is -2.15. The maximum atomic E-state index is 12.8. The Morgan fingerprint density at radius 3 is 2.30 bits per heavy atom. The third kappa shape index (κ3) is 4.57. The summed E-state index contributed by atoms with van der Waals surface area (Å²) in [6.45, 7) is 8.94. The van der Waals surface area contributed by atoms with Gasteiger partial charge < -0.3 is 23.9 Å². The summed E-state index contributed by atoms with van der Waals surface area (Å²) in [5, 5.41) is 0.389. The molecule has 1 N–H and O–H groups in total. The molecule has 0 aliphatic carbocycles. The number of hydrogen-bond acceptors (Lipinski definition) is 6. The van der Waals surface area contributed by atoms with Crippen molar-refractivity contribution in [3.63, 3.8) is 0 Å². The van der Waals surface area contributed by atoms with Crippen molar-refractivity contribution in [3.8, 4) is 28.6 Å². The highest BCUT2D eigenvalue weighted by molar-refractivity contribution is 5.87. The summed E-state index contributed by atoms with van der Waals surface area (Å²) in [6, 6.07) is 7.30. The molecule has 0 spiro atoms. The van der Waals surface area contributed by atoms with Crippen LogP contribution in [0, 0.1) is 13.8 Å². The van der Waals surface area contributed by atoms with E-state index >= 15 is 0 Å². The molecule has 0 aliphatic heterocycles. The van der Waals surface area contributed by atoms with Crippen LogP contribution in [-0.4, -0.2) is 43.5 Å². The SMILES string of the molecule is COc1cc(OC)c2c(=O)[nH]c(-c3cc(C)c(OCCOC(C)C)c(C)c3)nc2c1. The summed E-state index contributed by atoms with van der Waals surface area (Å²) in [7, 11) is 3.07. The van der Waals surface area contributed by atoms with Crippen LogP contribution in [0.15, 0.2) is 29.1 Å². The zero-order chi connectivity index (χ0) is 21.8. The van der Waals surface area contributed by atoms with Gasteiger partial charge in [-0.15, -0.1) is 0 Å². The van der Waals surface area contributed by atoms with Gasteiger partial charge >= 0.3 is 0 Å². The van der Waals surface area contributed by atoms with Gasteiger partial charge in [0.1, 0.15) is 35.1 Å². The Labute approximate surface area is 176 Å². The molecule has 0 radical (unpaired) electrons. The molecule has 2 aromatic carbocycles. The first-order valence-electron chi connectivity index (χ1n) is 9.86. The van der Waals surface area contributed by atoms with Crippen LogP contribution in [0.25, 0.3) is 22.3 Å². The Morgan fingerprint density at radius 1 is 1.00 bits per heavy atom. The topological polar surface area (TPSA) is 82.7 Å². The Bertz CT molecular complexity index is 1080. The van der Waals surface area contributed by atoms with Crippen LogP contribution in [0.5, 0.6) is 17.2 Å². The smallest absolute Gasteiger partial charge is 0.262 e. The summed E-state index contributed by atoms with van der Waals surface area (Å²) < 4.78 is 22.1. The molecule has 0 saturated heterocycles. The van der Waals surface area contributed by atoms with Gasteiger partial charge in [-0.25, -0.2) is 4.98 Å². The van der Waals surface area contributed by atoms with Crippen LogP contribution in [0.4, 0.5) is 0 Å². The second-order valence-corrected chi connectivity index (χ2v) is 7.35. The van der Waals surface area contributed by atoms with E-state index in [1.807, 2.05) is 39.8 Å². The minimum atomic E-state index is -0.268. The Balaban J connectivity index is 1.98. The van der Waals surface area contributed by atoms with Crippen LogP contribution in [0.1, 0.15) is 25.0 Å². The standard InChI is InChI=1S/C23H28N2O5/c1-13(2)29-7-8-30-21-14(3)9-16(10-15(21)4)22-24-18-11-17(27-5)12-19(28-6)20(18)23(26)25-22/h9-13H,7-8H2,1-6H3,(H,24,25,26). The molecule has 0 amide bonds. The molecule has 0 atom stereocenters. The number of rotatable bonds is 8. The number of aryl methyl sites for hydroxylation is 2. The number of fused-ring (bicyclic) bond motifs is 1. The summed E-state index contributed by atoms with van der Waals surface area (Å²) >= 11 is 0. The number of hydrogen-bond donors (Lipinski definition) is 1. The molecule has 1 heterocycles. The molecule has 160 valence electrons. The molecule has 0 bridgehead atoms. The van der Waals surface area contributed by atoms with Crippen molar-refractivity contribution in [2.45, 2.75) is 33.8 Å². The van der Waals surface area contributed by atoms with Gasteiger partial charge in [0.15, 0.2) is 0 Å². The van der Waals surface area contributed by atoms with Gasteiger partial charge in [0, 0.05) is 17.7 Å². The van der Waals surface area contributed by atoms with Crippen molar-refractivity contribution in [3.05, 3.63) is 45.7 Å². The number of nitrogens with one attached hydrogen (secondary N) is 1. The number of nitrogens with zero attached hydrogens (tertiary/aromatic N) is 1. The molecule has 1 aromatic heterocycles. The molecule has 0 unspecified atom stereocenters. The van der Waals surface area contributed by atoms with Crippen molar-refractivity contribution >= 4 is 10.9 Å². The van der Waals surface area contributed by atoms with Gasteiger partial charge in [0.25, 0.3) is 5.56 Å². The Hall–Kier alpha value is -3.06. The van der Waals surface area contributed by atoms with E-state index < -0.39 is 0 Å². The first-order chi connectivity index (χ1) is 14.3. The number of methoxy groups -OCH3 is 2. The highest BCUT2D eigenvalue weighted by Crippen LogP contribution is 2.31. The van der Waals surface area contributed by atoms with Crippen LogP contribution in [-0.2, 0) is 4.74 Å². The molecular weight excluding hydrogens is 384 g/mol. The van der Waals surface area contributed by atoms with Gasteiger partial charge in [0.05, 0.1) is 32.4 Å². The predicted molar refractivity (Wildman–Crippen MR) is 117 cm³/mol. The Morgan fingerprint density at radius 2 is 1.70 bits per heavy atom. The lowest BCUT2D eigenvalue weighted by molar-refractivity contribution is 0.0550. The largest absolute Gasteiger partial charge is 0.497 e. The highest BCUT2D eigenvalue weighted by Gasteiger charge is 2.15. The number of benzene rings is 2. The Kier molecular flexibility index (Phi) is 6.62. The molecule has 7 heteroatoms. The van der Waals surface area contributed by atoms with Crippen molar-refractivity contribution < 1.29 is 18.9 Å². The third-order valence-electron chi connectivity index (χ3n) is 4.72. The normalized spacial score (nSPS) is 11.2. The van der Waals surface area contributed by atoms with E-state index in [9.17, 15) is 4.79 Å². The van der Waals surface area contributed by atoms with Crippen molar-refractivity contribution in [1.82, 2.24) is 9.97 Å². The number of ether oxygens (including phenoxy) is 4. The first-order valence-corrected chi connectivity index (χ1v) is 9.86. The fraction of sp³-hybridized carbons (Fsp3) is 0.391. The van der Waals surface area contributed by atoms with E-state index in [1.54, 1.807) is 19.2 Å². The fourth-order valence-electron chi connectivity index (χ4n) is 3.37. The van der Waals surface area contributed by atoms with Crippen LogP contribution >= 0.6 is 0 Å². The van der Waals surface area contributed by atoms with Crippen LogP contribution in [0.2, 0.25) is 0 Å². The maximum absolute atomic E-state index is 12.8. The minimum absolute atomic E-state index is 0.172. The van der Waals surface area contributed by atoms with E-state index in [4.69, 9.17) is 18.9 Å². The zero-order valence-electron chi connectivity index (χ0n) is 18.3. The summed E-state index contributed by atoms with van der Waals surface area (Å²) in [6.07, 6.45) is 0.172. The van der Waals surface area contributed by atoms with Gasteiger partial charge in [-0.2, -0.15) is 0 Å². The molecular formula is C23H28N2O5. The van der Waals surface area contributed by atoms with Crippen LogP contribution in [0.3, 0.4) is 0 Å². The maximum Gasteiger partial charge on any atom is 0.262 e. The average molecular weight is 412 g/mol. The molecule has 3 aromatic rings. The molecule has 0 saturated carbocycles. The quantitative estimate of drug-likeness (QED) is 0.563. The lowest BCUT2D eigenvalue weighted by Crippen LogP contribution is -2.13. The van der Waals surface area contributed by atoms with Crippen LogP contribution < -0.4 is 19.8 Å². The van der Waals surface area contributed by atoms with E-state index in [0.29, 0.717) is 41.4 Å². The highest BCUT2D eigenvalue weighted by atomic mass is 16.5. The number of aromatic nitrogens is 2. The van der Waals surface area contributed by atoms with E-state index in [-0.39, 0.29) is 11.7 Å². The van der Waals surface area contributed by atoms with E-state index in [0.717, 1.165) is 22.4 Å². The van der Waals surface area contributed by atoms with Gasteiger partial charge in [-0.05, 0) is 51.0 Å². The molecule has 7 nitrogen and oxygen atoms in total. The lowest BCUT2D eigenvalue weighted by atomic mass is 10.0. The average Bonchev–Trinajstić information content (AvgIpc) is 2.71. The van der Waals surface area contributed by atoms with Gasteiger partial charge in [-0.3, -0.25) is 4.79 Å². The summed E-state index contributed by atoms with van der Waals surface area (Å²) in [4.78, 5) is 20.3. The molecule has 0 aliphatic rings. The van der Waals surface area contributed by atoms with E-state index in [2.05, 4.69) is 9.97 Å². The monoisotopic (exact) mass is 412 g/mol.